The van der Waals surface area contributed by atoms with Crippen molar-refractivity contribution in [3.05, 3.63) is 28.0 Å². The Labute approximate surface area is 117 Å². The minimum atomic E-state index is 0.600. The highest BCUT2D eigenvalue weighted by Gasteiger charge is 2.08. The van der Waals surface area contributed by atoms with Gasteiger partial charge in [-0.25, -0.2) is 4.98 Å². The summed E-state index contributed by atoms with van der Waals surface area (Å²) in [4.78, 5) is 10.2. The van der Waals surface area contributed by atoms with E-state index in [-0.39, 0.29) is 0 Å². The van der Waals surface area contributed by atoms with Crippen LogP contribution in [0.5, 0.6) is 0 Å². The molecule has 98 valence electrons. The van der Waals surface area contributed by atoms with Gasteiger partial charge in [0.1, 0.15) is 11.3 Å². The molecule has 18 heavy (non-hydrogen) atoms. The van der Waals surface area contributed by atoms with Crippen molar-refractivity contribution in [3.8, 4) is 0 Å². The van der Waals surface area contributed by atoms with Crippen LogP contribution in [0.1, 0.15) is 19.7 Å². The average molecular weight is 286 g/mol. The Morgan fingerprint density at radius 2 is 1.94 bits per heavy atom. The maximum Gasteiger partial charge on any atom is 0.108 e. The van der Waals surface area contributed by atoms with Crippen LogP contribution in [0.15, 0.2) is 12.1 Å². The Hall–Kier alpha value is -0.770. The lowest BCUT2D eigenvalue weighted by Crippen LogP contribution is -2.25. The molecule has 1 N–H and O–H groups in total. The molecule has 0 amide bonds. The summed E-state index contributed by atoms with van der Waals surface area (Å²) in [5, 5.41) is 1.23. The van der Waals surface area contributed by atoms with E-state index in [1.54, 1.807) is 6.07 Å². The second-order valence-corrected chi connectivity index (χ2v) is 5.09. The highest BCUT2D eigenvalue weighted by Crippen LogP contribution is 2.26. The van der Waals surface area contributed by atoms with Gasteiger partial charge < -0.3 is 9.88 Å². The lowest BCUT2D eigenvalue weighted by molar-refractivity contribution is 0.306. The molecule has 0 aliphatic carbocycles. The first kappa shape index (κ1) is 13.7. The zero-order valence-corrected chi connectivity index (χ0v) is 12.1. The van der Waals surface area contributed by atoms with E-state index in [4.69, 9.17) is 23.2 Å². The SMILES string of the molecule is CCN(CC)CCc1nc2c(Cl)cc(Cl)cc2[nH]1. The van der Waals surface area contributed by atoms with Gasteiger partial charge in [0.15, 0.2) is 0 Å². The molecule has 1 aromatic carbocycles. The van der Waals surface area contributed by atoms with E-state index in [2.05, 4.69) is 28.7 Å². The fraction of sp³-hybridized carbons (Fsp3) is 0.462. The van der Waals surface area contributed by atoms with Crippen molar-refractivity contribution in [3.63, 3.8) is 0 Å². The third kappa shape index (κ3) is 2.97. The van der Waals surface area contributed by atoms with E-state index >= 15 is 0 Å². The quantitative estimate of drug-likeness (QED) is 0.907. The van der Waals surface area contributed by atoms with Crippen molar-refractivity contribution >= 4 is 34.2 Å². The van der Waals surface area contributed by atoms with Crippen LogP contribution in [0.3, 0.4) is 0 Å². The van der Waals surface area contributed by atoms with Crippen LogP contribution < -0.4 is 0 Å². The van der Waals surface area contributed by atoms with Crippen LogP contribution in [0.2, 0.25) is 10.0 Å². The highest BCUT2D eigenvalue weighted by molar-refractivity contribution is 6.38. The number of fused-ring (bicyclic) bond motifs is 1. The van der Waals surface area contributed by atoms with Crippen LogP contribution >= 0.6 is 23.2 Å². The summed E-state index contributed by atoms with van der Waals surface area (Å²) >= 11 is 12.1. The summed E-state index contributed by atoms with van der Waals surface area (Å²) in [7, 11) is 0. The van der Waals surface area contributed by atoms with Crippen molar-refractivity contribution < 1.29 is 0 Å². The normalized spacial score (nSPS) is 11.6. The predicted molar refractivity (Wildman–Crippen MR) is 77.6 cm³/mol. The van der Waals surface area contributed by atoms with Crippen LogP contribution in [0, 0.1) is 0 Å². The van der Waals surface area contributed by atoms with Crippen molar-refractivity contribution in [1.29, 1.82) is 0 Å². The number of imidazole rings is 1. The van der Waals surface area contributed by atoms with E-state index < -0.39 is 0 Å². The summed E-state index contributed by atoms with van der Waals surface area (Å²) < 4.78 is 0. The Morgan fingerprint density at radius 1 is 1.22 bits per heavy atom. The van der Waals surface area contributed by atoms with Gasteiger partial charge in [-0.3, -0.25) is 0 Å². The van der Waals surface area contributed by atoms with Crippen molar-refractivity contribution in [2.45, 2.75) is 20.3 Å². The second-order valence-electron chi connectivity index (χ2n) is 4.24. The molecular weight excluding hydrogens is 269 g/mol. The molecular formula is C13H17Cl2N3. The number of aromatic nitrogens is 2. The molecule has 0 fully saturated rings. The first-order chi connectivity index (χ1) is 8.63. The van der Waals surface area contributed by atoms with E-state index in [0.29, 0.717) is 10.0 Å². The Balaban J connectivity index is 2.17. The topological polar surface area (TPSA) is 31.9 Å². The molecule has 3 nitrogen and oxygen atoms in total. The highest BCUT2D eigenvalue weighted by atomic mass is 35.5. The zero-order chi connectivity index (χ0) is 13.1. The van der Waals surface area contributed by atoms with Crippen LogP contribution in [-0.4, -0.2) is 34.5 Å². The molecule has 0 unspecified atom stereocenters. The molecule has 0 radical (unpaired) electrons. The number of likely N-dealkylation sites (N-methyl/N-ethyl adjacent to an activating group) is 1. The third-order valence-corrected chi connectivity index (χ3v) is 3.62. The molecule has 0 aliphatic heterocycles. The van der Waals surface area contributed by atoms with Crippen LogP contribution in [0.25, 0.3) is 11.0 Å². The molecule has 0 saturated carbocycles. The standard InChI is InChI=1S/C13H17Cl2N3/c1-3-18(4-2)6-5-12-16-11-8-9(14)7-10(15)13(11)17-12/h7-8H,3-6H2,1-2H3,(H,16,17). The summed E-state index contributed by atoms with van der Waals surface area (Å²) in [6.07, 6.45) is 0.893. The molecule has 0 aliphatic rings. The minimum Gasteiger partial charge on any atom is -0.342 e. The summed E-state index contributed by atoms with van der Waals surface area (Å²) in [6.45, 7) is 7.45. The van der Waals surface area contributed by atoms with Crippen molar-refractivity contribution in [2.24, 2.45) is 0 Å². The van der Waals surface area contributed by atoms with Gasteiger partial charge in [-0.2, -0.15) is 0 Å². The lowest BCUT2D eigenvalue weighted by atomic mass is 10.3. The molecule has 2 aromatic rings. The average Bonchev–Trinajstić information content (AvgIpc) is 2.73. The smallest absolute Gasteiger partial charge is 0.108 e. The van der Waals surface area contributed by atoms with E-state index in [0.717, 1.165) is 42.9 Å². The first-order valence-corrected chi connectivity index (χ1v) is 6.95. The number of H-pyrrole nitrogens is 1. The molecule has 1 aromatic heterocycles. The van der Waals surface area contributed by atoms with Gasteiger partial charge in [-0.15, -0.1) is 0 Å². The zero-order valence-electron chi connectivity index (χ0n) is 10.6. The number of benzene rings is 1. The molecule has 1 heterocycles. The first-order valence-electron chi connectivity index (χ1n) is 6.20. The molecule has 5 heteroatoms. The largest absolute Gasteiger partial charge is 0.342 e. The molecule has 0 atom stereocenters. The van der Waals surface area contributed by atoms with E-state index in [1.165, 1.54) is 0 Å². The van der Waals surface area contributed by atoms with Gasteiger partial charge in [0.25, 0.3) is 0 Å². The maximum atomic E-state index is 6.12. The number of hydrogen-bond donors (Lipinski definition) is 1. The number of halogens is 2. The maximum absolute atomic E-state index is 6.12. The molecule has 0 saturated heterocycles. The number of hydrogen-bond acceptors (Lipinski definition) is 2. The minimum absolute atomic E-state index is 0.600. The third-order valence-electron chi connectivity index (χ3n) is 3.11. The van der Waals surface area contributed by atoms with Crippen LogP contribution in [0.4, 0.5) is 0 Å². The number of nitrogens with zero attached hydrogens (tertiary/aromatic N) is 2. The number of rotatable bonds is 5. The fourth-order valence-corrected chi connectivity index (χ4v) is 2.55. The van der Waals surface area contributed by atoms with Crippen molar-refractivity contribution in [1.82, 2.24) is 14.9 Å². The van der Waals surface area contributed by atoms with Gasteiger partial charge in [0, 0.05) is 18.0 Å². The van der Waals surface area contributed by atoms with Gasteiger partial charge in [0.05, 0.1) is 10.5 Å². The van der Waals surface area contributed by atoms with E-state index in [1.807, 2.05) is 6.07 Å². The molecule has 0 spiro atoms. The predicted octanol–water partition coefficient (Wildman–Crippen LogP) is 3.75. The van der Waals surface area contributed by atoms with Gasteiger partial charge >= 0.3 is 0 Å². The van der Waals surface area contributed by atoms with Gasteiger partial charge in [-0.05, 0) is 25.2 Å². The summed E-state index contributed by atoms with van der Waals surface area (Å²) in [6, 6.07) is 3.58. The molecule has 0 bridgehead atoms. The number of nitrogens with one attached hydrogen (secondary N) is 1. The van der Waals surface area contributed by atoms with E-state index in [9.17, 15) is 0 Å². The second kappa shape index (κ2) is 5.91. The number of aromatic amines is 1. The van der Waals surface area contributed by atoms with Gasteiger partial charge in [0.2, 0.25) is 0 Å². The molecule has 2 rings (SSSR count). The van der Waals surface area contributed by atoms with Crippen LogP contribution in [-0.2, 0) is 6.42 Å². The monoisotopic (exact) mass is 285 g/mol. The Morgan fingerprint density at radius 3 is 2.61 bits per heavy atom. The Kier molecular flexibility index (Phi) is 4.49. The lowest BCUT2D eigenvalue weighted by Gasteiger charge is -2.16. The van der Waals surface area contributed by atoms with Crippen molar-refractivity contribution in [2.75, 3.05) is 19.6 Å². The fourth-order valence-electron chi connectivity index (χ4n) is 2.02. The summed E-state index contributed by atoms with van der Waals surface area (Å²) in [5.41, 5.74) is 1.71. The Bertz CT molecular complexity index is 532. The summed E-state index contributed by atoms with van der Waals surface area (Å²) in [5.74, 6) is 0.959. The van der Waals surface area contributed by atoms with Gasteiger partial charge in [-0.1, -0.05) is 37.0 Å².